The number of amides is 2. The highest BCUT2D eigenvalue weighted by Crippen LogP contribution is 2.31. The number of carbonyl (C=O) groups excluding carboxylic acids is 2. The fourth-order valence-electron chi connectivity index (χ4n) is 4.32. The van der Waals surface area contributed by atoms with Crippen molar-refractivity contribution < 1.29 is 14.3 Å². The van der Waals surface area contributed by atoms with E-state index in [1.165, 1.54) is 11.3 Å². The van der Waals surface area contributed by atoms with Gasteiger partial charge in [0, 0.05) is 23.7 Å². The second-order valence-electron chi connectivity index (χ2n) is 8.63. The first-order valence-corrected chi connectivity index (χ1v) is 12.6. The van der Waals surface area contributed by atoms with Crippen molar-refractivity contribution in [1.82, 2.24) is 20.3 Å². The van der Waals surface area contributed by atoms with Crippen LogP contribution in [-0.2, 0) is 20.9 Å². The molecule has 0 radical (unpaired) electrons. The molecule has 5 rings (SSSR count). The zero-order chi connectivity index (χ0) is 24.2. The van der Waals surface area contributed by atoms with Gasteiger partial charge >= 0.3 is 0 Å². The Morgan fingerprint density at radius 1 is 1.17 bits per heavy atom. The highest BCUT2D eigenvalue weighted by molar-refractivity contribution is 7.10. The molecule has 4 aromatic rings. The lowest BCUT2D eigenvalue weighted by molar-refractivity contribution is -0.127. The molecule has 180 valence electrons. The van der Waals surface area contributed by atoms with Crippen LogP contribution in [0.25, 0.3) is 11.0 Å². The van der Waals surface area contributed by atoms with Gasteiger partial charge in [-0.1, -0.05) is 41.1 Å². The lowest BCUT2D eigenvalue weighted by Gasteiger charge is -2.31. The van der Waals surface area contributed by atoms with Gasteiger partial charge in [0.25, 0.3) is 0 Å². The van der Waals surface area contributed by atoms with Crippen LogP contribution in [0.4, 0.5) is 5.69 Å². The summed E-state index contributed by atoms with van der Waals surface area (Å²) in [6.45, 7) is 3.08. The molecule has 2 atom stereocenters. The van der Waals surface area contributed by atoms with E-state index in [4.69, 9.17) is 4.74 Å². The van der Waals surface area contributed by atoms with Crippen LogP contribution in [0.1, 0.15) is 29.3 Å². The molecule has 0 aliphatic carbocycles. The van der Waals surface area contributed by atoms with Crippen molar-refractivity contribution in [3.05, 3.63) is 76.5 Å². The van der Waals surface area contributed by atoms with Gasteiger partial charge in [0.2, 0.25) is 11.8 Å². The first-order chi connectivity index (χ1) is 17.1. The number of hydrogen-bond acceptors (Lipinski definition) is 6. The topological polar surface area (TPSA) is 89.4 Å². The molecule has 1 saturated heterocycles. The molecule has 1 aliphatic heterocycles. The summed E-state index contributed by atoms with van der Waals surface area (Å²) in [5.41, 5.74) is 3.20. The van der Waals surface area contributed by atoms with E-state index in [1.807, 2.05) is 73.0 Å². The van der Waals surface area contributed by atoms with Crippen LogP contribution >= 0.6 is 11.3 Å². The molecule has 3 heterocycles. The van der Waals surface area contributed by atoms with E-state index >= 15 is 0 Å². The number of benzene rings is 2. The number of para-hydroxylation sites is 1. The number of fused-ring (bicyclic) bond motifs is 1. The van der Waals surface area contributed by atoms with Crippen LogP contribution in [0.5, 0.6) is 0 Å². The predicted molar refractivity (Wildman–Crippen MR) is 135 cm³/mol. The quantitative estimate of drug-likeness (QED) is 0.406. The van der Waals surface area contributed by atoms with Crippen molar-refractivity contribution in [2.75, 3.05) is 18.1 Å². The third kappa shape index (κ3) is 5.11. The summed E-state index contributed by atoms with van der Waals surface area (Å²) < 4.78 is 7.26. The average Bonchev–Trinajstić information content (AvgIpc) is 3.65. The van der Waals surface area contributed by atoms with Crippen molar-refractivity contribution in [2.24, 2.45) is 0 Å². The SMILES string of the molecule is Cc1ccc(N(C(=O)Cn2nnc3ccccc32)[C@H](C(=O)NC[C@H]2CCCO2)c2cccs2)cc1. The molecule has 1 fully saturated rings. The third-order valence-corrected chi connectivity index (χ3v) is 7.06. The van der Waals surface area contributed by atoms with E-state index in [9.17, 15) is 9.59 Å². The average molecular weight is 490 g/mol. The van der Waals surface area contributed by atoms with Crippen molar-refractivity contribution in [1.29, 1.82) is 0 Å². The first kappa shape index (κ1) is 23.2. The zero-order valence-corrected chi connectivity index (χ0v) is 20.3. The Bertz CT molecular complexity index is 1300. The van der Waals surface area contributed by atoms with Gasteiger partial charge in [-0.25, -0.2) is 4.68 Å². The summed E-state index contributed by atoms with van der Waals surface area (Å²) >= 11 is 1.45. The Balaban J connectivity index is 1.49. The normalized spacial score (nSPS) is 16.3. The smallest absolute Gasteiger partial charge is 0.249 e. The molecule has 35 heavy (non-hydrogen) atoms. The molecule has 0 saturated carbocycles. The molecular formula is C26H27N5O3S. The predicted octanol–water partition coefficient (Wildman–Crippen LogP) is 3.87. The number of rotatable bonds is 8. The Kier molecular flexibility index (Phi) is 6.87. The Morgan fingerprint density at radius 3 is 2.74 bits per heavy atom. The lowest BCUT2D eigenvalue weighted by Crippen LogP contribution is -2.46. The van der Waals surface area contributed by atoms with Gasteiger partial charge in [-0.05, 0) is 55.5 Å². The fourth-order valence-corrected chi connectivity index (χ4v) is 5.13. The molecule has 9 heteroatoms. The molecule has 0 unspecified atom stereocenters. The standard InChI is InChI=1S/C26H27N5O3S/c1-18-10-12-19(13-11-18)31(24(32)17-30-22-8-3-2-7-21(22)28-29-30)25(23-9-5-15-35-23)26(33)27-16-20-6-4-14-34-20/h2-3,5,7-13,15,20,25H,4,6,14,16-17H2,1H3,(H,27,33)/t20-,25+/m1/s1. The molecule has 8 nitrogen and oxygen atoms in total. The number of ether oxygens (including phenoxy) is 1. The summed E-state index contributed by atoms with van der Waals surface area (Å²) in [5, 5.41) is 13.3. The molecule has 0 bridgehead atoms. The molecule has 2 amide bonds. The number of aryl methyl sites for hydroxylation is 1. The van der Waals surface area contributed by atoms with Gasteiger partial charge in [-0.2, -0.15) is 0 Å². The molecule has 1 N–H and O–H groups in total. The molecular weight excluding hydrogens is 462 g/mol. The summed E-state index contributed by atoms with van der Waals surface area (Å²) in [5.74, 6) is -0.490. The minimum Gasteiger partial charge on any atom is -0.376 e. The van der Waals surface area contributed by atoms with Crippen molar-refractivity contribution in [2.45, 2.75) is 38.5 Å². The second kappa shape index (κ2) is 10.4. The molecule has 0 spiro atoms. The minimum atomic E-state index is -0.818. The van der Waals surface area contributed by atoms with Gasteiger partial charge in [-0.15, -0.1) is 16.4 Å². The second-order valence-corrected chi connectivity index (χ2v) is 9.61. The van der Waals surface area contributed by atoms with Crippen LogP contribution < -0.4 is 10.2 Å². The van der Waals surface area contributed by atoms with E-state index < -0.39 is 6.04 Å². The number of thiophene rings is 1. The molecule has 2 aromatic carbocycles. The van der Waals surface area contributed by atoms with Crippen LogP contribution in [0.3, 0.4) is 0 Å². The van der Waals surface area contributed by atoms with Crippen LogP contribution in [-0.4, -0.2) is 46.1 Å². The maximum atomic E-state index is 13.9. The highest BCUT2D eigenvalue weighted by atomic mass is 32.1. The van der Waals surface area contributed by atoms with Crippen molar-refractivity contribution in [3.63, 3.8) is 0 Å². The van der Waals surface area contributed by atoms with Gasteiger partial charge < -0.3 is 10.1 Å². The van der Waals surface area contributed by atoms with Crippen molar-refractivity contribution >= 4 is 39.9 Å². The molecule has 1 aliphatic rings. The Morgan fingerprint density at radius 2 is 2.00 bits per heavy atom. The monoisotopic (exact) mass is 489 g/mol. The minimum absolute atomic E-state index is 0.00738. The van der Waals surface area contributed by atoms with E-state index in [0.717, 1.165) is 28.8 Å². The maximum absolute atomic E-state index is 13.9. The lowest BCUT2D eigenvalue weighted by atomic mass is 10.1. The summed E-state index contributed by atoms with van der Waals surface area (Å²) in [6, 6.07) is 18.1. The summed E-state index contributed by atoms with van der Waals surface area (Å²) in [6.07, 6.45) is 1.92. The van der Waals surface area contributed by atoms with E-state index in [-0.39, 0.29) is 24.5 Å². The van der Waals surface area contributed by atoms with Gasteiger partial charge in [0.05, 0.1) is 11.6 Å². The summed E-state index contributed by atoms with van der Waals surface area (Å²) in [4.78, 5) is 29.8. The van der Waals surface area contributed by atoms with Crippen LogP contribution in [0.15, 0.2) is 66.0 Å². The fraction of sp³-hybridized carbons (Fsp3) is 0.308. The van der Waals surface area contributed by atoms with Crippen molar-refractivity contribution in [3.8, 4) is 0 Å². The third-order valence-electron chi connectivity index (χ3n) is 6.13. The Labute approximate surface area is 207 Å². The first-order valence-electron chi connectivity index (χ1n) is 11.7. The number of nitrogens with zero attached hydrogens (tertiary/aromatic N) is 4. The maximum Gasteiger partial charge on any atom is 0.249 e. The van der Waals surface area contributed by atoms with Gasteiger partial charge in [0.15, 0.2) is 0 Å². The number of carbonyl (C=O) groups is 2. The summed E-state index contributed by atoms with van der Waals surface area (Å²) in [7, 11) is 0. The van der Waals surface area contributed by atoms with Crippen LogP contribution in [0, 0.1) is 6.92 Å². The van der Waals surface area contributed by atoms with E-state index in [2.05, 4.69) is 15.6 Å². The highest BCUT2D eigenvalue weighted by Gasteiger charge is 2.34. The van der Waals surface area contributed by atoms with Gasteiger partial charge in [-0.3, -0.25) is 14.5 Å². The number of nitrogens with one attached hydrogen (secondary N) is 1. The van der Waals surface area contributed by atoms with E-state index in [1.54, 1.807) is 9.58 Å². The molecule has 2 aromatic heterocycles. The van der Waals surface area contributed by atoms with E-state index in [0.29, 0.717) is 24.4 Å². The number of hydrogen-bond donors (Lipinski definition) is 1. The number of anilines is 1. The zero-order valence-electron chi connectivity index (χ0n) is 19.5. The number of aromatic nitrogens is 3. The largest absolute Gasteiger partial charge is 0.376 e. The Hall–Kier alpha value is -3.56. The van der Waals surface area contributed by atoms with Crippen LogP contribution in [0.2, 0.25) is 0 Å². The van der Waals surface area contributed by atoms with Gasteiger partial charge in [0.1, 0.15) is 18.1 Å².